The van der Waals surface area contributed by atoms with Crippen LogP contribution in [0.1, 0.15) is 88.7 Å². The number of amides is 1. The van der Waals surface area contributed by atoms with Crippen molar-refractivity contribution in [1.29, 1.82) is 0 Å². The minimum Gasteiger partial charge on any atom is -0.394 e. The van der Waals surface area contributed by atoms with Crippen LogP contribution < -0.4 is 15.5 Å². The normalized spacial score (nSPS) is 20.6. The van der Waals surface area contributed by atoms with E-state index in [-0.39, 0.29) is 29.5 Å². The smallest absolute Gasteiger partial charge is 0.224 e. The van der Waals surface area contributed by atoms with Crippen LogP contribution in [-0.2, 0) is 14.6 Å². The van der Waals surface area contributed by atoms with Gasteiger partial charge in [0.2, 0.25) is 5.91 Å². The Labute approximate surface area is 297 Å². The predicted molar refractivity (Wildman–Crippen MR) is 195 cm³/mol. The number of carbonyl (C=O) groups excluding carboxylic acids is 1. The molecule has 1 heterocycles. The number of nitrogens with zero attached hydrogens (tertiary/aromatic N) is 1. The molecule has 0 aromatic heterocycles. The maximum atomic E-state index is 14.1. The Morgan fingerprint density at radius 3 is 2.22 bits per heavy atom. The highest BCUT2D eigenvalue weighted by Gasteiger charge is 2.49. The highest BCUT2D eigenvalue weighted by molar-refractivity contribution is 7.91. The van der Waals surface area contributed by atoms with Gasteiger partial charge in [-0.1, -0.05) is 51.7 Å². The lowest BCUT2D eigenvalue weighted by molar-refractivity contribution is -0.116. The third-order valence-electron chi connectivity index (χ3n) is 9.87. The number of hydrogen-bond acceptors (Lipinski definition) is 11. The van der Waals surface area contributed by atoms with Crippen LogP contribution in [0.25, 0.3) is 0 Å². The summed E-state index contributed by atoms with van der Waals surface area (Å²) >= 11 is 0. The Hall–Kier alpha value is -2.62. The average molecular weight is 722 g/mol. The molecular weight excluding hydrogens is 662 g/mol. The molecule has 0 saturated carbocycles. The van der Waals surface area contributed by atoms with Crippen LogP contribution in [0.5, 0.6) is 0 Å². The lowest BCUT2D eigenvalue weighted by atomic mass is 9.68. The second-order valence-corrected chi connectivity index (χ2v) is 16.0. The van der Waals surface area contributed by atoms with E-state index in [2.05, 4.69) is 24.5 Å². The van der Waals surface area contributed by atoms with Crippen molar-refractivity contribution in [2.75, 3.05) is 49.8 Å². The largest absolute Gasteiger partial charge is 0.394 e. The molecule has 0 spiro atoms. The number of nitrogens with one attached hydrogen (secondary N) is 2. The summed E-state index contributed by atoms with van der Waals surface area (Å²) in [7, 11) is 0.0475. The molecular formula is C37H59N3O9S. The maximum Gasteiger partial charge on any atom is 0.224 e. The summed E-state index contributed by atoms with van der Waals surface area (Å²) < 4.78 is 28.2. The Morgan fingerprint density at radius 2 is 1.60 bits per heavy atom. The molecule has 282 valence electrons. The molecule has 13 heteroatoms. The van der Waals surface area contributed by atoms with E-state index in [1.807, 2.05) is 43.3 Å². The Kier molecular flexibility index (Phi) is 16.1. The summed E-state index contributed by atoms with van der Waals surface area (Å²) in [6, 6.07) is 12.6. The van der Waals surface area contributed by atoms with E-state index in [0.717, 1.165) is 36.9 Å². The summed E-state index contributed by atoms with van der Waals surface area (Å²) in [5.41, 5.74) is 1.82. The van der Waals surface area contributed by atoms with Gasteiger partial charge < -0.3 is 46.2 Å². The van der Waals surface area contributed by atoms with Crippen molar-refractivity contribution in [3.8, 4) is 0 Å². The number of anilines is 2. The first-order valence-corrected chi connectivity index (χ1v) is 19.5. The molecule has 1 aliphatic rings. The molecule has 1 amide bonds. The van der Waals surface area contributed by atoms with E-state index >= 15 is 0 Å². The molecule has 0 unspecified atom stereocenters. The van der Waals surface area contributed by atoms with E-state index in [9.17, 15) is 38.7 Å². The van der Waals surface area contributed by atoms with Gasteiger partial charge in [0, 0.05) is 49.8 Å². The van der Waals surface area contributed by atoms with Crippen molar-refractivity contribution >= 4 is 27.1 Å². The minimum absolute atomic E-state index is 0.0545. The van der Waals surface area contributed by atoms with E-state index in [0.29, 0.717) is 43.5 Å². The monoisotopic (exact) mass is 721 g/mol. The molecule has 0 radical (unpaired) electrons. The predicted octanol–water partition coefficient (Wildman–Crippen LogP) is 2.53. The number of benzene rings is 2. The number of aliphatic hydroxyl groups is 6. The van der Waals surface area contributed by atoms with Crippen LogP contribution in [-0.4, -0.2) is 115 Å². The summed E-state index contributed by atoms with van der Waals surface area (Å²) in [5.74, 6) is -0.968. The first-order valence-electron chi connectivity index (χ1n) is 17.9. The van der Waals surface area contributed by atoms with Crippen LogP contribution in [0.4, 0.5) is 11.4 Å². The van der Waals surface area contributed by atoms with Gasteiger partial charge in [-0.2, -0.15) is 0 Å². The molecule has 50 heavy (non-hydrogen) atoms. The van der Waals surface area contributed by atoms with Gasteiger partial charge >= 0.3 is 0 Å². The van der Waals surface area contributed by atoms with Crippen molar-refractivity contribution in [2.24, 2.45) is 5.41 Å². The zero-order valence-corrected chi connectivity index (χ0v) is 30.8. The lowest BCUT2D eigenvalue weighted by Crippen LogP contribution is -2.49. The fourth-order valence-corrected chi connectivity index (χ4v) is 9.09. The van der Waals surface area contributed by atoms with Crippen molar-refractivity contribution in [1.82, 2.24) is 5.32 Å². The SMILES string of the molecule is CCCCC1(CCCC)CS(=O)(=O)c2ccc(N(C)C)cc2[C@@H](c2cccc(NC(=O)CCCCNC[C@H](O)[C@@H](O)[C@H](O)[C@H](O)CO)c2)[C@H]1O. The van der Waals surface area contributed by atoms with Gasteiger partial charge in [0.1, 0.15) is 18.3 Å². The molecule has 3 rings (SSSR count). The quantitative estimate of drug-likeness (QED) is 0.0935. The molecule has 0 bridgehead atoms. The zero-order chi connectivity index (χ0) is 37.1. The van der Waals surface area contributed by atoms with Crippen LogP contribution in [0, 0.1) is 5.41 Å². The van der Waals surface area contributed by atoms with E-state index in [4.69, 9.17) is 5.11 Å². The van der Waals surface area contributed by atoms with Gasteiger partial charge in [0.15, 0.2) is 9.84 Å². The number of aliphatic hydroxyl groups excluding tert-OH is 6. The third kappa shape index (κ3) is 10.7. The Balaban J connectivity index is 1.78. The van der Waals surface area contributed by atoms with E-state index < -0.39 is 58.3 Å². The number of unbranched alkanes of at least 4 members (excludes halogenated alkanes) is 3. The fraction of sp³-hybridized carbons (Fsp3) is 0.649. The Bertz CT molecular complexity index is 1460. The van der Waals surface area contributed by atoms with Crippen LogP contribution in [0.2, 0.25) is 0 Å². The molecule has 12 nitrogen and oxygen atoms in total. The number of rotatable bonds is 20. The maximum absolute atomic E-state index is 14.1. The van der Waals surface area contributed by atoms with Crippen LogP contribution >= 0.6 is 0 Å². The number of fused-ring (bicyclic) bond motifs is 1. The molecule has 2 aromatic rings. The molecule has 1 aliphatic heterocycles. The third-order valence-corrected chi connectivity index (χ3v) is 11.9. The van der Waals surface area contributed by atoms with Gasteiger partial charge in [-0.3, -0.25) is 4.79 Å². The summed E-state index contributed by atoms with van der Waals surface area (Å²) in [6.45, 7) is 3.77. The first kappa shape index (κ1) is 41.8. The molecule has 8 N–H and O–H groups in total. The average Bonchev–Trinajstić information content (AvgIpc) is 3.16. The summed E-state index contributed by atoms with van der Waals surface area (Å²) in [6.07, 6.45) is -1.35. The standard InChI is InChI=1S/C37H59N3O9S/c1-5-7-17-37(18-8-6-2)24-50(48,49)31-16-15-27(40(3)4)21-28(31)33(36(37)47)25-12-11-13-26(20-25)39-32(44)14-9-10-19-38-22-29(42)34(45)35(46)30(43)23-41/h11-13,15-16,20-21,29-30,33-36,38,41-43,45-47H,5-10,14,17-19,22-24H2,1-4H3,(H,39,44)/t29-,30+,33+,34+,35+,36+/m0/s1. The molecule has 6 atom stereocenters. The van der Waals surface area contributed by atoms with E-state index in [1.54, 1.807) is 18.2 Å². The van der Waals surface area contributed by atoms with E-state index in [1.165, 1.54) is 0 Å². The second kappa shape index (κ2) is 19.3. The van der Waals surface area contributed by atoms with Gasteiger partial charge in [0.25, 0.3) is 0 Å². The zero-order valence-electron chi connectivity index (χ0n) is 30.0. The number of carbonyl (C=O) groups is 1. The van der Waals surface area contributed by atoms with Crippen molar-refractivity contribution in [2.45, 2.75) is 113 Å². The number of sulfone groups is 1. The lowest BCUT2D eigenvalue weighted by Gasteiger charge is -2.40. The van der Waals surface area contributed by atoms with Crippen LogP contribution in [0.3, 0.4) is 0 Å². The van der Waals surface area contributed by atoms with Gasteiger partial charge in [-0.15, -0.1) is 0 Å². The van der Waals surface area contributed by atoms with Crippen molar-refractivity contribution < 1.29 is 43.9 Å². The highest BCUT2D eigenvalue weighted by atomic mass is 32.2. The summed E-state index contributed by atoms with van der Waals surface area (Å²) in [4.78, 5) is 15.1. The van der Waals surface area contributed by atoms with Gasteiger partial charge in [-0.25, -0.2) is 8.42 Å². The van der Waals surface area contributed by atoms with Crippen molar-refractivity contribution in [3.05, 3.63) is 53.6 Å². The molecule has 2 aromatic carbocycles. The topological polar surface area (TPSA) is 200 Å². The molecule has 0 saturated heterocycles. The highest BCUT2D eigenvalue weighted by Crippen LogP contribution is 2.50. The minimum atomic E-state index is -3.74. The van der Waals surface area contributed by atoms with Gasteiger partial charge in [-0.05, 0) is 73.7 Å². The fourth-order valence-electron chi connectivity index (χ4n) is 6.89. The van der Waals surface area contributed by atoms with Crippen LogP contribution in [0.15, 0.2) is 47.4 Å². The summed E-state index contributed by atoms with van der Waals surface area (Å²) in [5, 5.41) is 66.4. The van der Waals surface area contributed by atoms with Gasteiger partial charge in [0.05, 0.1) is 29.5 Å². The number of hydrogen-bond donors (Lipinski definition) is 8. The Morgan fingerprint density at radius 1 is 0.940 bits per heavy atom. The second-order valence-electron chi connectivity index (χ2n) is 14.0. The molecule has 0 fully saturated rings. The molecule has 0 aliphatic carbocycles. The van der Waals surface area contributed by atoms with Crippen molar-refractivity contribution in [3.63, 3.8) is 0 Å². The first-order chi connectivity index (χ1) is 23.7.